The zero-order valence-corrected chi connectivity index (χ0v) is 17.4. The molecule has 0 unspecified atom stereocenters. The molecule has 2 aromatic rings. The lowest BCUT2D eigenvalue weighted by Gasteiger charge is -2.13. The first-order chi connectivity index (χ1) is 13.9. The van der Waals surface area contributed by atoms with Gasteiger partial charge in [-0.2, -0.15) is 0 Å². The summed E-state index contributed by atoms with van der Waals surface area (Å²) >= 11 is 6.20. The van der Waals surface area contributed by atoms with Gasteiger partial charge in [0.25, 0.3) is 5.91 Å². The molecule has 1 aliphatic rings. The van der Waals surface area contributed by atoms with Crippen LogP contribution in [0.1, 0.15) is 23.6 Å². The minimum absolute atomic E-state index is 0.215. The minimum atomic E-state index is -1.12. The van der Waals surface area contributed by atoms with Gasteiger partial charge in [0.1, 0.15) is 31.1 Å². The Bertz CT molecular complexity index is 1010. The SMILES string of the molecule is [B]c1ccc(OCc2ccccc2CC)c(/C=C2\SC(=S)N(CC(=O)O)C2=O)c1. The second-order valence-electron chi connectivity index (χ2n) is 6.37. The first kappa shape index (κ1) is 21.1. The van der Waals surface area contributed by atoms with Crippen molar-refractivity contribution in [3.8, 4) is 5.75 Å². The molecule has 1 heterocycles. The van der Waals surface area contributed by atoms with Gasteiger partial charge in [-0.05, 0) is 29.7 Å². The zero-order valence-electron chi connectivity index (χ0n) is 15.8. The van der Waals surface area contributed by atoms with Gasteiger partial charge in [0.2, 0.25) is 0 Å². The molecule has 1 amide bonds. The molecular weight excluding hydrogens is 405 g/mol. The standard InChI is InChI=1S/C21H18BNO4S2/c1-2-13-5-3-4-6-14(13)12-27-17-8-7-16(22)9-15(17)10-18-20(26)23(11-19(24)25)21(28)29-18/h3-10H,2,11-12H2,1H3,(H,24,25)/b18-10-. The Morgan fingerprint density at radius 3 is 2.69 bits per heavy atom. The molecule has 1 aliphatic heterocycles. The molecule has 0 bridgehead atoms. The summed E-state index contributed by atoms with van der Waals surface area (Å²) in [5, 5.41) is 8.97. The van der Waals surface area contributed by atoms with Crippen molar-refractivity contribution in [1.82, 2.24) is 4.90 Å². The number of thiocarbonyl (C=S) groups is 1. The van der Waals surface area contributed by atoms with E-state index in [0.29, 0.717) is 28.3 Å². The Morgan fingerprint density at radius 1 is 1.28 bits per heavy atom. The Balaban J connectivity index is 1.86. The molecule has 1 fully saturated rings. The summed E-state index contributed by atoms with van der Waals surface area (Å²) < 4.78 is 6.24. The number of benzene rings is 2. The fourth-order valence-corrected chi connectivity index (χ4v) is 4.17. The lowest BCUT2D eigenvalue weighted by molar-refractivity contribution is -0.140. The van der Waals surface area contributed by atoms with Crippen molar-refractivity contribution in [2.45, 2.75) is 20.0 Å². The fraction of sp³-hybridized carbons (Fsp3) is 0.190. The van der Waals surface area contributed by atoms with Crippen LogP contribution >= 0.6 is 24.0 Å². The Morgan fingerprint density at radius 2 is 2.00 bits per heavy atom. The number of hydrogen-bond acceptors (Lipinski definition) is 5. The van der Waals surface area contributed by atoms with Gasteiger partial charge in [0.05, 0.1) is 4.91 Å². The smallest absolute Gasteiger partial charge is 0.323 e. The third-order valence-corrected chi connectivity index (χ3v) is 5.75. The Labute approximate surface area is 180 Å². The largest absolute Gasteiger partial charge is 0.488 e. The fourth-order valence-electron chi connectivity index (χ4n) is 2.92. The molecule has 0 atom stereocenters. The van der Waals surface area contributed by atoms with E-state index in [1.54, 1.807) is 24.3 Å². The molecule has 2 aromatic carbocycles. The molecule has 29 heavy (non-hydrogen) atoms. The van der Waals surface area contributed by atoms with E-state index in [4.69, 9.17) is 29.9 Å². The van der Waals surface area contributed by atoms with Crippen LogP contribution in [0.3, 0.4) is 0 Å². The number of nitrogens with zero attached hydrogens (tertiary/aromatic N) is 1. The molecule has 3 rings (SSSR count). The second-order valence-corrected chi connectivity index (χ2v) is 8.05. The molecule has 0 aliphatic carbocycles. The van der Waals surface area contributed by atoms with E-state index in [2.05, 4.69) is 13.0 Å². The number of ether oxygens (including phenoxy) is 1. The molecule has 5 nitrogen and oxygen atoms in total. The molecule has 1 saturated heterocycles. The van der Waals surface area contributed by atoms with E-state index >= 15 is 0 Å². The highest BCUT2D eigenvalue weighted by atomic mass is 32.2. The highest BCUT2D eigenvalue weighted by Gasteiger charge is 2.33. The summed E-state index contributed by atoms with van der Waals surface area (Å²) in [5.41, 5.74) is 3.46. The molecule has 8 heteroatoms. The Kier molecular flexibility index (Phi) is 6.77. The van der Waals surface area contributed by atoms with Crippen LogP contribution in [0.2, 0.25) is 0 Å². The van der Waals surface area contributed by atoms with E-state index in [1.807, 2.05) is 18.2 Å². The maximum atomic E-state index is 12.5. The van der Waals surface area contributed by atoms with Crippen molar-refractivity contribution in [3.05, 3.63) is 64.1 Å². The number of rotatable bonds is 7. The first-order valence-electron chi connectivity index (χ1n) is 8.95. The number of carboxylic acid groups (broad SMARTS) is 1. The number of amides is 1. The van der Waals surface area contributed by atoms with E-state index in [1.165, 1.54) is 5.56 Å². The average molecular weight is 423 g/mol. The van der Waals surface area contributed by atoms with Gasteiger partial charge in [-0.15, -0.1) is 0 Å². The van der Waals surface area contributed by atoms with Crippen LogP contribution in [0.25, 0.3) is 6.08 Å². The van der Waals surface area contributed by atoms with Gasteiger partial charge in [-0.3, -0.25) is 14.5 Å². The predicted molar refractivity (Wildman–Crippen MR) is 119 cm³/mol. The second kappa shape index (κ2) is 9.28. The van der Waals surface area contributed by atoms with Gasteiger partial charge >= 0.3 is 5.97 Å². The number of aliphatic carboxylic acids is 1. The summed E-state index contributed by atoms with van der Waals surface area (Å²) in [5.74, 6) is -0.981. The van der Waals surface area contributed by atoms with Crippen LogP contribution in [0.5, 0.6) is 5.75 Å². The molecule has 2 radical (unpaired) electrons. The summed E-state index contributed by atoms with van der Waals surface area (Å²) in [6.45, 7) is 2.01. The van der Waals surface area contributed by atoms with Crippen molar-refractivity contribution in [3.63, 3.8) is 0 Å². The maximum absolute atomic E-state index is 12.5. The minimum Gasteiger partial charge on any atom is -0.488 e. The molecule has 0 saturated carbocycles. The number of carboxylic acids is 1. The van der Waals surface area contributed by atoms with Gasteiger partial charge < -0.3 is 9.84 Å². The first-order valence-corrected chi connectivity index (χ1v) is 10.2. The topological polar surface area (TPSA) is 66.8 Å². The van der Waals surface area contributed by atoms with Crippen LogP contribution in [-0.4, -0.2) is 40.6 Å². The van der Waals surface area contributed by atoms with E-state index in [0.717, 1.165) is 28.6 Å². The van der Waals surface area contributed by atoms with Crippen molar-refractivity contribution < 1.29 is 19.4 Å². The van der Waals surface area contributed by atoms with Crippen LogP contribution in [0.15, 0.2) is 47.4 Å². The monoisotopic (exact) mass is 423 g/mol. The molecular formula is C21H18BNO4S2. The van der Waals surface area contributed by atoms with Crippen LogP contribution < -0.4 is 10.2 Å². The highest BCUT2D eigenvalue weighted by molar-refractivity contribution is 8.26. The Hall–Kier alpha value is -2.58. The summed E-state index contributed by atoms with van der Waals surface area (Å²) in [6, 6.07) is 13.3. The molecule has 1 N–H and O–H groups in total. The van der Waals surface area contributed by atoms with Crippen LogP contribution in [0.4, 0.5) is 0 Å². The van der Waals surface area contributed by atoms with Gasteiger partial charge in [0, 0.05) is 5.56 Å². The number of hydrogen-bond donors (Lipinski definition) is 1. The average Bonchev–Trinajstić information content (AvgIpc) is 2.94. The van der Waals surface area contributed by atoms with Crippen LogP contribution in [0, 0.1) is 0 Å². The molecule has 0 aromatic heterocycles. The van der Waals surface area contributed by atoms with Gasteiger partial charge in [-0.25, -0.2) is 0 Å². The maximum Gasteiger partial charge on any atom is 0.323 e. The van der Waals surface area contributed by atoms with Gasteiger partial charge in [0.15, 0.2) is 0 Å². The number of aryl methyl sites for hydroxylation is 1. The third kappa shape index (κ3) is 5.08. The van der Waals surface area contributed by atoms with Crippen LogP contribution in [-0.2, 0) is 22.6 Å². The highest BCUT2D eigenvalue weighted by Crippen LogP contribution is 2.34. The number of carbonyl (C=O) groups excluding carboxylic acids is 1. The van der Waals surface area contributed by atoms with E-state index in [9.17, 15) is 9.59 Å². The predicted octanol–water partition coefficient (Wildman–Crippen LogP) is 2.91. The van der Waals surface area contributed by atoms with Crippen molar-refractivity contribution in [2.24, 2.45) is 0 Å². The zero-order chi connectivity index (χ0) is 21.0. The molecule has 0 spiro atoms. The summed E-state index contributed by atoms with van der Waals surface area (Å²) in [4.78, 5) is 24.9. The van der Waals surface area contributed by atoms with Crippen molar-refractivity contribution >= 4 is 59.6 Å². The number of thioether (sulfide) groups is 1. The quantitative estimate of drug-likeness (QED) is 0.420. The summed E-state index contributed by atoms with van der Waals surface area (Å²) in [7, 11) is 5.92. The number of carbonyl (C=O) groups is 2. The lowest BCUT2D eigenvalue weighted by atomic mass is 9.94. The van der Waals surface area contributed by atoms with E-state index in [-0.39, 0.29) is 4.32 Å². The van der Waals surface area contributed by atoms with Crippen molar-refractivity contribution in [1.29, 1.82) is 0 Å². The normalized spacial score (nSPS) is 15.2. The van der Waals surface area contributed by atoms with Gasteiger partial charge in [-0.1, -0.05) is 72.8 Å². The molecule has 146 valence electrons. The summed E-state index contributed by atoms with van der Waals surface area (Å²) in [6.07, 6.45) is 2.54. The third-order valence-electron chi connectivity index (χ3n) is 4.37. The van der Waals surface area contributed by atoms with E-state index < -0.39 is 18.4 Å². The van der Waals surface area contributed by atoms with Crippen molar-refractivity contribution in [2.75, 3.05) is 6.54 Å². The lowest BCUT2D eigenvalue weighted by Crippen LogP contribution is -2.33.